The molecule has 7 heteroatoms. The first kappa shape index (κ1) is 24.2. The van der Waals surface area contributed by atoms with Gasteiger partial charge in [-0.15, -0.1) is 0 Å². The molecular weight excluding hydrogens is 439 g/mol. The molecule has 0 aliphatic carbocycles. The Kier molecular flexibility index (Phi) is 7.24. The Morgan fingerprint density at radius 1 is 1.12 bits per heavy atom. The molecule has 4 nitrogen and oxygen atoms in total. The van der Waals surface area contributed by atoms with Crippen LogP contribution in [0.5, 0.6) is 0 Å². The zero-order chi connectivity index (χ0) is 24.2. The summed E-state index contributed by atoms with van der Waals surface area (Å²) in [5, 5.41) is 7.14. The van der Waals surface area contributed by atoms with Crippen LogP contribution in [0.1, 0.15) is 48.1 Å². The summed E-state index contributed by atoms with van der Waals surface area (Å²) in [5.74, 6) is 0.839. The van der Waals surface area contributed by atoms with Crippen LogP contribution < -0.4 is 10.6 Å². The van der Waals surface area contributed by atoms with Gasteiger partial charge in [-0.05, 0) is 62.1 Å². The first-order chi connectivity index (χ1) is 16.2. The molecule has 1 aromatic heterocycles. The molecule has 0 bridgehead atoms. The number of anilines is 1. The van der Waals surface area contributed by atoms with Crippen LogP contribution in [0, 0.1) is 6.92 Å². The quantitative estimate of drug-likeness (QED) is 0.430. The number of benzene rings is 2. The Hall–Kier alpha value is -2.90. The second kappa shape index (κ2) is 10.2. The molecule has 0 amide bonds. The lowest BCUT2D eigenvalue weighted by molar-refractivity contribution is -0.137. The summed E-state index contributed by atoms with van der Waals surface area (Å²) < 4.78 is 46.1. The lowest BCUT2D eigenvalue weighted by atomic mass is 9.81. The molecule has 2 aromatic carbocycles. The van der Waals surface area contributed by atoms with Gasteiger partial charge < -0.3 is 15.4 Å². The van der Waals surface area contributed by atoms with Gasteiger partial charge in [-0.1, -0.05) is 48.0 Å². The van der Waals surface area contributed by atoms with E-state index in [-0.39, 0.29) is 6.04 Å². The topological polar surface area (TPSA) is 46.2 Å². The van der Waals surface area contributed by atoms with Gasteiger partial charge in [0.15, 0.2) is 0 Å². The highest BCUT2D eigenvalue weighted by atomic mass is 19.4. The summed E-state index contributed by atoms with van der Waals surface area (Å²) in [6, 6.07) is 20.2. The van der Waals surface area contributed by atoms with E-state index in [0.29, 0.717) is 24.3 Å². The number of nitrogens with one attached hydrogen (secondary N) is 2. The molecule has 2 unspecified atom stereocenters. The Bertz CT molecular complexity index is 1070. The van der Waals surface area contributed by atoms with Gasteiger partial charge in [-0.2, -0.15) is 13.2 Å². The molecule has 0 saturated carbocycles. The lowest BCUT2D eigenvalue weighted by Crippen LogP contribution is -2.55. The van der Waals surface area contributed by atoms with Gasteiger partial charge in [0.1, 0.15) is 5.82 Å². The van der Waals surface area contributed by atoms with Gasteiger partial charge in [-0.25, -0.2) is 4.98 Å². The molecule has 1 aliphatic rings. The largest absolute Gasteiger partial charge is 0.416 e. The molecular formula is C27H30F3N3O. The molecule has 2 heterocycles. The van der Waals surface area contributed by atoms with E-state index in [4.69, 9.17) is 4.74 Å². The standard InChI is InChI=1S/C27H30F3N3O/c1-19-14-21(16-23(15-19)27(28,29)30)20(2)34-18-26(22-8-4-3-5-9-22)12-11-24(17-32-26)33-25-10-6-7-13-31-25/h3-10,13-16,20,24,32H,11-12,17-18H2,1-2H3,(H,31,33)/t20?,24?,26-/m1/s1. The highest BCUT2D eigenvalue weighted by Crippen LogP contribution is 2.35. The number of aromatic nitrogens is 1. The minimum atomic E-state index is -4.38. The third-order valence-corrected chi connectivity index (χ3v) is 6.43. The van der Waals surface area contributed by atoms with Gasteiger partial charge in [0, 0.05) is 18.8 Å². The molecule has 0 spiro atoms. The van der Waals surface area contributed by atoms with E-state index in [1.54, 1.807) is 19.2 Å². The maximum atomic E-state index is 13.3. The smallest absolute Gasteiger partial charge is 0.372 e. The van der Waals surface area contributed by atoms with E-state index in [0.717, 1.165) is 24.2 Å². The highest BCUT2D eigenvalue weighted by molar-refractivity contribution is 5.36. The van der Waals surface area contributed by atoms with Crippen LogP contribution in [0.25, 0.3) is 0 Å². The molecule has 34 heavy (non-hydrogen) atoms. The summed E-state index contributed by atoms with van der Waals surface area (Å²) in [4.78, 5) is 4.35. The van der Waals surface area contributed by atoms with E-state index in [1.165, 1.54) is 12.1 Å². The number of hydrogen-bond donors (Lipinski definition) is 2. The fourth-order valence-electron chi connectivity index (χ4n) is 4.49. The van der Waals surface area contributed by atoms with Crippen LogP contribution in [0.3, 0.4) is 0 Å². The summed E-state index contributed by atoms with van der Waals surface area (Å²) in [7, 11) is 0. The van der Waals surface area contributed by atoms with E-state index < -0.39 is 23.4 Å². The first-order valence-electron chi connectivity index (χ1n) is 11.5. The molecule has 3 atom stereocenters. The molecule has 1 fully saturated rings. The van der Waals surface area contributed by atoms with E-state index in [2.05, 4.69) is 27.8 Å². The molecule has 3 aromatic rings. The number of piperidine rings is 1. The third-order valence-electron chi connectivity index (χ3n) is 6.43. The van der Waals surface area contributed by atoms with Crippen molar-refractivity contribution in [2.24, 2.45) is 0 Å². The van der Waals surface area contributed by atoms with Crippen molar-refractivity contribution in [3.05, 3.63) is 95.2 Å². The normalized spacial score (nSPS) is 21.7. The number of nitrogens with zero attached hydrogens (tertiary/aromatic N) is 1. The summed E-state index contributed by atoms with van der Waals surface area (Å²) >= 11 is 0. The molecule has 180 valence electrons. The lowest BCUT2D eigenvalue weighted by Gasteiger charge is -2.42. The molecule has 0 radical (unpaired) electrons. The van der Waals surface area contributed by atoms with Crippen LogP contribution in [-0.2, 0) is 16.5 Å². The van der Waals surface area contributed by atoms with Crippen LogP contribution in [0.15, 0.2) is 72.9 Å². The van der Waals surface area contributed by atoms with Crippen LogP contribution in [-0.4, -0.2) is 24.2 Å². The average molecular weight is 470 g/mol. The van der Waals surface area contributed by atoms with Crippen molar-refractivity contribution in [3.63, 3.8) is 0 Å². The van der Waals surface area contributed by atoms with E-state index in [1.807, 2.05) is 43.3 Å². The SMILES string of the molecule is Cc1cc(C(C)OC[C@@]2(c3ccccc3)CCC(Nc3ccccn3)CN2)cc(C(F)(F)F)c1. The van der Waals surface area contributed by atoms with Gasteiger partial charge in [0.2, 0.25) is 0 Å². The summed E-state index contributed by atoms with van der Waals surface area (Å²) in [6.45, 7) is 4.55. The summed E-state index contributed by atoms with van der Waals surface area (Å²) in [6.07, 6.45) is -1.38. The Morgan fingerprint density at radius 3 is 2.53 bits per heavy atom. The van der Waals surface area contributed by atoms with Crippen LogP contribution in [0.2, 0.25) is 0 Å². The van der Waals surface area contributed by atoms with Crippen molar-refractivity contribution >= 4 is 5.82 Å². The Labute approximate surface area is 198 Å². The predicted molar refractivity (Wildman–Crippen MR) is 128 cm³/mol. The minimum absolute atomic E-state index is 0.218. The summed E-state index contributed by atoms with van der Waals surface area (Å²) in [5.41, 5.74) is 1.14. The molecule has 1 aliphatic heterocycles. The van der Waals surface area contributed by atoms with Crippen LogP contribution in [0.4, 0.5) is 19.0 Å². The number of rotatable bonds is 7. The number of ether oxygens (including phenoxy) is 1. The Balaban J connectivity index is 1.48. The van der Waals surface area contributed by atoms with Gasteiger partial charge in [0.05, 0.1) is 23.8 Å². The minimum Gasteiger partial charge on any atom is -0.372 e. The van der Waals surface area contributed by atoms with Gasteiger partial charge >= 0.3 is 6.18 Å². The maximum absolute atomic E-state index is 13.3. The monoisotopic (exact) mass is 469 g/mol. The van der Waals surface area contributed by atoms with Crippen molar-refractivity contribution in [2.45, 2.75) is 50.6 Å². The Morgan fingerprint density at radius 2 is 1.88 bits per heavy atom. The first-order valence-corrected chi connectivity index (χ1v) is 11.5. The van der Waals surface area contributed by atoms with Crippen molar-refractivity contribution in [1.29, 1.82) is 0 Å². The van der Waals surface area contributed by atoms with Crippen molar-refractivity contribution in [2.75, 3.05) is 18.5 Å². The number of halogens is 3. The second-order valence-corrected chi connectivity index (χ2v) is 9.01. The number of pyridine rings is 1. The number of hydrogen-bond acceptors (Lipinski definition) is 4. The zero-order valence-corrected chi connectivity index (χ0v) is 19.4. The van der Waals surface area contributed by atoms with E-state index >= 15 is 0 Å². The number of aryl methyl sites for hydroxylation is 1. The second-order valence-electron chi connectivity index (χ2n) is 9.01. The van der Waals surface area contributed by atoms with Crippen LogP contribution >= 0.6 is 0 Å². The maximum Gasteiger partial charge on any atom is 0.416 e. The van der Waals surface area contributed by atoms with Crippen molar-refractivity contribution in [1.82, 2.24) is 10.3 Å². The predicted octanol–water partition coefficient (Wildman–Crippen LogP) is 6.25. The average Bonchev–Trinajstić information content (AvgIpc) is 2.84. The van der Waals surface area contributed by atoms with Gasteiger partial charge in [0.25, 0.3) is 0 Å². The molecule has 2 N–H and O–H groups in total. The van der Waals surface area contributed by atoms with E-state index in [9.17, 15) is 13.2 Å². The fourth-order valence-corrected chi connectivity index (χ4v) is 4.49. The fraction of sp³-hybridized carbons (Fsp3) is 0.370. The molecule has 4 rings (SSSR count). The molecule has 1 saturated heterocycles. The number of alkyl halides is 3. The third kappa shape index (κ3) is 5.77. The highest BCUT2D eigenvalue weighted by Gasteiger charge is 2.38. The van der Waals surface area contributed by atoms with Crippen molar-refractivity contribution in [3.8, 4) is 0 Å². The van der Waals surface area contributed by atoms with Crippen molar-refractivity contribution < 1.29 is 17.9 Å². The van der Waals surface area contributed by atoms with Gasteiger partial charge in [-0.3, -0.25) is 0 Å². The zero-order valence-electron chi connectivity index (χ0n) is 19.4.